The van der Waals surface area contributed by atoms with Gasteiger partial charge in [0.25, 0.3) is 5.91 Å². The highest BCUT2D eigenvalue weighted by Gasteiger charge is 2.17. The van der Waals surface area contributed by atoms with Gasteiger partial charge in [0.1, 0.15) is 4.64 Å². The molecule has 0 aliphatic rings. The number of nitrogens with one attached hydrogen (secondary N) is 2. The fourth-order valence-electron chi connectivity index (χ4n) is 1.74. The number of amides is 1. The van der Waals surface area contributed by atoms with Gasteiger partial charge in [-0.3, -0.25) is 4.79 Å². The molecule has 0 fully saturated rings. The van der Waals surface area contributed by atoms with Gasteiger partial charge in [-0.15, -0.1) is 0 Å². The van der Waals surface area contributed by atoms with Gasteiger partial charge in [-0.05, 0) is 30.3 Å². The van der Waals surface area contributed by atoms with Gasteiger partial charge in [0.05, 0.1) is 10.5 Å². The number of H-pyrrole nitrogens is 1. The molecule has 2 aromatic rings. The summed E-state index contributed by atoms with van der Waals surface area (Å²) in [6, 6.07) is 9.31. The fraction of sp³-hybridized carbons (Fsp3) is 0.143. The van der Waals surface area contributed by atoms with Gasteiger partial charge in [-0.2, -0.15) is 0 Å². The Morgan fingerprint density at radius 1 is 1.23 bits per heavy atom. The maximum atomic E-state index is 12.2. The number of rotatable bonds is 4. The molecule has 1 heterocycles. The average molecular weight is 337 g/mol. The minimum atomic E-state index is -3.55. The molecule has 1 aromatic heterocycles. The third-order valence-corrected chi connectivity index (χ3v) is 5.08. The third-order valence-electron chi connectivity index (χ3n) is 2.93. The Morgan fingerprint density at radius 3 is 2.59 bits per heavy atom. The highest BCUT2D eigenvalue weighted by atomic mass is 32.2. The zero-order valence-electron chi connectivity index (χ0n) is 12.0. The first-order valence-corrected chi connectivity index (χ1v) is 8.19. The molecule has 0 atom stereocenters. The largest absolute Gasteiger partial charge is 0.352 e. The molecule has 0 saturated carbocycles. The Morgan fingerprint density at radius 2 is 1.95 bits per heavy atom. The van der Waals surface area contributed by atoms with Crippen LogP contribution in [-0.4, -0.2) is 37.7 Å². The number of aromatic nitrogens is 1. The Kier molecular flexibility index (Phi) is 4.74. The monoisotopic (exact) mass is 337 g/mol. The van der Waals surface area contributed by atoms with E-state index < -0.39 is 15.9 Å². The summed E-state index contributed by atoms with van der Waals surface area (Å²) in [6.45, 7) is 0. The Hall–Kier alpha value is -2.03. The van der Waals surface area contributed by atoms with Crippen molar-refractivity contribution >= 4 is 33.8 Å². The van der Waals surface area contributed by atoms with Crippen molar-refractivity contribution in [1.29, 1.82) is 0 Å². The van der Waals surface area contributed by atoms with E-state index in [4.69, 9.17) is 12.2 Å². The van der Waals surface area contributed by atoms with Gasteiger partial charge in [-0.1, -0.05) is 18.3 Å². The van der Waals surface area contributed by atoms with Crippen LogP contribution in [0.5, 0.6) is 0 Å². The predicted octanol–water partition coefficient (Wildman–Crippen LogP) is 2.25. The normalized spacial score (nSPS) is 11.4. The molecule has 8 heteroatoms. The molecule has 6 nitrogen and oxygen atoms in total. The lowest BCUT2D eigenvalue weighted by atomic mass is 10.2. The number of carbonyl (C=O) groups excluding carboxylic acids is 1. The molecule has 0 radical (unpaired) electrons. The van der Waals surface area contributed by atoms with Crippen molar-refractivity contribution in [3.05, 3.63) is 52.8 Å². The maximum absolute atomic E-state index is 12.2. The number of anilines is 1. The van der Waals surface area contributed by atoms with Crippen molar-refractivity contribution < 1.29 is 13.2 Å². The summed E-state index contributed by atoms with van der Waals surface area (Å²) >= 11 is 5.04. The Labute approximate surface area is 133 Å². The number of hydrogen-bond donors (Lipinski definition) is 2. The smallest absolute Gasteiger partial charge is 0.258 e. The van der Waals surface area contributed by atoms with E-state index in [-0.39, 0.29) is 4.90 Å². The van der Waals surface area contributed by atoms with E-state index >= 15 is 0 Å². The Bertz CT molecular complexity index is 857. The second-order valence-corrected chi connectivity index (χ2v) is 7.24. The number of hydrogen-bond acceptors (Lipinski definition) is 4. The molecule has 0 saturated heterocycles. The first kappa shape index (κ1) is 16.3. The van der Waals surface area contributed by atoms with Gasteiger partial charge in [0.15, 0.2) is 0 Å². The van der Waals surface area contributed by atoms with E-state index in [0.717, 1.165) is 4.31 Å². The minimum absolute atomic E-state index is 0.105. The number of carbonyl (C=O) groups is 1. The van der Waals surface area contributed by atoms with E-state index in [1.54, 1.807) is 30.5 Å². The number of nitrogens with zero attached hydrogens (tertiary/aromatic N) is 1. The second-order valence-electron chi connectivity index (χ2n) is 4.68. The summed E-state index contributed by atoms with van der Waals surface area (Å²) in [5.74, 6) is -0.402. The summed E-state index contributed by atoms with van der Waals surface area (Å²) in [6.07, 6.45) is 1.63. The summed E-state index contributed by atoms with van der Waals surface area (Å²) in [5, 5.41) is 2.64. The Balaban J connectivity index is 2.31. The molecule has 1 aromatic carbocycles. The lowest BCUT2D eigenvalue weighted by Gasteiger charge is -2.12. The van der Waals surface area contributed by atoms with Gasteiger partial charge < -0.3 is 10.3 Å². The van der Waals surface area contributed by atoms with Crippen LogP contribution in [0.4, 0.5) is 5.69 Å². The van der Waals surface area contributed by atoms with E-state index in [2.05, 4.69) is 10.3 Å². The number of pyridine rings is 1. The number of benzene rings is 1. The highest BCUT2D eigenvalue weighted by Crippen LogP contribution is 2.18. The zero-order valence-corrected chi connectivity index (χ0v) is 13.7. The van der Waals surface area contributed by atoms with Crippen LogP contribution < -0.4 is 5.32 Å². The summed E-state index contributed by atoms with van der Waals surface area (Å²) in [5.41, 5.74) is 0.699. The van der Waals surface area contributed by atoms with Crippen LogP contribution in [0, 0.1) is 4.64 Å². The molecule has 0 bridgehead atoms. The van der Waals surface area contributed by atoms with Crippen LogP contribution in [-0.2, 0) is 10.0 Å². The molecule has 2 N–H and O–H groups in total. The fourth-order valence-corrected chi connectivity index (χ4v) is 2.92. The predicted molar refractivity (Wildman–Crippen MR) is 86.9 cm³/mol. The molecule has 0 aliphatic carbocycles. The number of sulfonamides is 1. The van der Waals surface area contributed by atoms with E-state index in [0.29, 0.717) is 15.9 Å². The second kappa shape index (κ2) is 6.39. The summed E-state index contributed by atoms with van der Waals surface area (Å²) in [7, 11) is -0.656. The molecule has 2 rings (SSSR count). The average Bonchev–Trinajstić information content (AvgIpc) is 2.47. The van der Waals surface area contributed by atoms with Crippen LogP contribution in [0.1, 0.15) is 10.4 Å². The lowest BCUT2D eigenvalue weighted by Crippen LogP contribution is -2.22. The first-order chi connectivity index (χ1) is 10.3. The number of aromatic amines is 1. The van der Waals surface area contributed by atoms with Gasteiger partial charge in [0, 0.05) is 26.0 Å². The van der Waals surface area contributed by atoms with E-state index in [1.165, 1.54) is 26.2 Å². The zero-order chi connectivity index (χ0) is 16.3. The van der Waals surface area contributed by atoms with Gasteiger partial charge in [-0.25, -0.2) is 12.7 Å². The maximum Gasteiger partial charge on any atom is 0.258 e. The summed E-state index contributed by atoms with van der Waals surface area (Å²) in [4.78, 5) is 15.0. The van der Waals surface area contributed by atoms with E-state index in [9.17, 15) is 13.2 Å². The molecule has 116 valence electrons. The SMILES string of the molecule is CN(C)S(=O)(=O)c1cccc(NC(=O)c2ccc[nH]c2=S)c1. The standard InChI is InChI=1S/C14H15N3O3S2/c1-17(2)22(19,20)11-6-3-5-10(9-11)16-13(18)12-7-4-8-15-14(12)21/h3-9H,1-2H3,(H,15,21)(H,16,18). The first-order valence-electron chi connectivity index (χ1n) is 6.34. The molecule has 1 amide bonds. The molecule has 22 heavy (non-hydrogen) atoms. The topological polar surface area (TPSA) is 82.3 Å². The molecule has 0 unspecified atom stereocenters. The van der Waals surface area contributed by atoms with Crippen molar-refractivity contribution in [1.82, 2.24) is 9.29 Å². The summed E-state index contributed by atoms with van der Waals surface area (Å²) < 4.78 is 25.6. The van der Waals surface area contributed by atoms with Crippen LogP contribution in [0.15, 0.2) is 47.5 Å². The van der Waals surface area contributed by atoms with Crippen molar-refractivity contribution in [2.24, 2.45) is 0 Å². The van der Waals surface area contributed by atoms with Crippen LogP contribution in [0.2, 0.25) is 0 Å². The lowest BCUT2D eigenvalue weighted by molar-refractivity contribution is 0.102. The van der Waals surface area contributed by atoms with Crippen molar-refractivity contribution in [3.63, 3.8) is 0 Å². The molecule has 0 aliphatic heterocycles. The third kappa shape index (κ3) is 3.41. The minimum Gasteiger partial charge on any atom is -0.352 e. The quantitative estimate of drug-likeness (QED) is 0.838. The van der Waals surface area contributed by atoms with Crippen molar-refractivity contribution in [2.75, 3.05) is 19.4 Å². The van der Waals surface area contributed by atoms with Gasteiger partial charge in [0.2, 0.25) is 10.0 Å². The van der Waals surface area contributed by atoms with Crippen LogP contribution in [0.25, 0.3) is 0 Å². The van der Waals surface area contributed by atoms with Crippen molar-refractivity contribution in [3.8, 4) is 0 Å². The van der Waals surface area contributed by atoms with Crippen LogP contribution >= 0.6 is 12.2 Å². The van der Waals surface area contributed by atoms with Crippen molar-refractivity contribution in [2.45, 2.75) is 4.90 Å². The molecular formula is C14H15N3O3S2. The molecule has 0 spiro atoms. The highest BCUT2D eigenvalue weighted by molar-refractivity contribution is 7.89. The molecular weight excluding hydrogens is 322 g/mol. The van der Waals surface area contributed by atoms with E-state index in [1.807, 2.05) is 0 Å². The van der Waals surface area contributed by atoms with Crippen LogP contribution in [0.3, 0.4) is 0 Å². The van der Waals surface area contributed by atoms with Gasteiger partial charge >= 0.3 is 0 Å².